The molecule has 2 aromatic heterocycles. The summed E-state index contributed by atoms with van der Waals surface area (Å²) >= 11 is 0.867. The molecule has 6 nitrogen and oxygen atoms in total. The zero-order valence-electron chi connectivity index (χ0n) is 9.86. The van der Waals surface area contributed by atoms with E-state index in [1.54, 1.807) is 19.1 Å². The monoisotopic (exact) mass is 301 g/mol. The van der Waals surface area contributed by atoms with E-state index in [0.29, 0.717) is 5.76 Å². The van der Waals surface area contributed by atoms with Crippen LogP contribution in [0.1, 0.15) is 28.4 Å². The van der Waals surface area contributed by atoms with E-state index in [1.807, 2.05) is 0 Å². The predicted molar refractivity (Wildman–Crippen MR) is 68.7 cm³/mol. The molecule has 0 aromatic carbocycles. The molecule has 0 unspecified atom stereocenters. The first-order valence-corrected chi connectivity index (χ1v) is 7.64. The number of carboxylic acids is 1. The van der Waals surface area contributed by atoms with Crippen LogP contribution in [0.3, 0.4) is 0 Å². The maximum absolute atomic E-state index is 12.1. The van der Waals surface area contributed by atoms with Gasteiger partial charge in [-0.15, -0.1) is 11.3 Å². The second kappa shape index (κ2) is 5.16. The molecule has 0 saturated heterocycles. The molecule has 2 aromatic rings. The van der Waals surface area contributed by atoms with Gasteiger partial charge in [0.1, 0.15) is 15.5 Å². The lowest BCUT2D eigenvalue weighted by Gasteiger charge is -2.11. The van der Waals surface area contributed by atoms with Gasteiger partial charge in [0.05, 0.1) is 12.3 Å². The summed E-state index contributed by atoms with van der Waals surface area (Å²) in [7, 11) is -3.90. The van der Waals surface area contributed by atoms with E-state index in [9.17, 15) is 13.2 Å². The van der Waals surface area contributed by atoms with Gasteiger partial charge in [0.2, 0.25) is 10.0 Å². The van der Waals surface area contributed by atoms with E-state index < -0.39 is 22.0 Å². The van der Waals surface area contributed by atoms with Crippen LogP contribution in [0.4, 0.5) is 0 Å². The number of aromatic carboxylic acids is 1. The molecule has 0 spiro atoms. The number of nitrogens with one attached hydrogen (secondary N) is 1. The predicted octanol–water partition coefficient (Wildman–Crippen LogP) is 2.08. The minimum atomic E-state index is -3.90. The fourth-order valence-electron chi connectivity index (χ4n) is 1.56. The number of hydrogen-bond donors (Lipinski definition) is 2. The van der Waals surface area contributed by atoms with Crippen molar-refractivity contribution in [3.63, 3.8) is 0 Å². The highest BCUT2D eigenvalue weighted by atomic mass is 32.2. The van der Waals surface area contributed by atoms with Crippen molar-refractivity contribution in [1.29, 1.82) is 0 Å². The molecule has 0 aliphatic heterocycles. The highest BCUT2D eigenvalue weighted by Crippen LogP contribution is 2.24. The fourth-order valence-corrected chi connectivity index (χ4v) is 4.03. The molecule has 0 fully saturated rings. The van der Waals surface area contributed by atoms with Crippen molar-refractivity contribution >= 4 is 27.3 Å². The number of carboxylic acid groups (broad SMARTS) is 1. The number of carbonyl (C=O) groups is 1. The van der Waals surface area contributed by atoms with Crippen molar-refractivity contribution in [2.75, 3.05) is 0 Å². The third-order valence-electron chi connectivity index (χ3n) is 2.41. The van der Waals surface area contributed by atoms with Crippen molar-refractivity contribution in [1.82, 2.24) is 4.72 Å². The molecule has 2 heterocycles. The molecule has 0 radical (unpaired) electrons. The van der Waals surface area contributed by atoms with Crippen molar-refractivity contribution < 1.29 is 22.7 Å². The summed E-state index contributed by atoms with van der Waals surface area (Å²) in [6.45, 7) is 1.61. The fraction of sp³-hybridized carbons (Fsp3) is 0.182. The van der Waals surface area contributed by atoms with Gasteiger partial charge in [-0.1, -0.05) is 0 Å². The summed E-state index contributed by atoms with van der Waals surface area (Å²) in [5.74, 6) is -0.809. The molecule has 0 aliphatic rings. The Morgan fingerprint density at radius 1 is 1.47 bits per heavy atom. The third kappa shape index (κ3) is 2.86. The summed E-state index contributed by atoms with van der Waals surface area (Å²) < 4.78 is 31.7. The lowest BCUT2D eigenvalue weighted by molar-refractivity contribution is 0.0698. The Morgan fingerprint density at radius 2 is 2.21 bits per heavy atom. The van der Waals surface area contributed by atoms with Gasteiger partial charge in [-0.3, -0.25) is 0 Å². The van der Waals surface area contributed by atoms with Crippen molar-refractivity contribution in [2.24, 2.45) is 0 Å². The largest absolute Gasteiger partial charge is 0.477 e. The molecule has 0 aliphatic carbocycles. The summed E-state index contributed by atoms with van der Waals surface area (Å²) in [5.41, 5.74) is 0. The van der Waals surface area contributed by atoms with Gasteiger partial charge >= 0.3 is 5.97 Å². The molecular weight excluding hydrogens is 290 g/mol. The Morgan fingerprint density at radius 3 is 2.79 bits per heavy atom. The number of furan rings is 1. The number of hydrogen-bond acceptors (Lipinski definition) is 5. The van der Waals surface area contributed by atoms with E-state index in [-0.39, 0.29) is 9.77 Å². The first kappa shape index (κ1) is 13.8. The molecule has 0 amide bonds. The van der Waals surface area contributed by atoms with Crippen LogP contribution in [0, 0.1) is 0 Å². The van der Waals surface area contributed by atoms with Gasteiger partial charge in [-0.2, -0.15) is 0 Å². The zero-order chi connectivity index (χ0) is 14.0. The molecule has 0 bridgehead atoms. The molecule has 102 valence electrons. The molecule has 8 heteroatoms. The average Bonchev–Trinajstić information content (AvgIpc) is 3.00. The van der Waals surface area contributed by atoms with Crippen molar-refractivity contribution in [3.8, 4) is 0 Å². The van der Waals surface area contributed by atoms with E-state index in [1.165, 1.54) is 17.7 Å². The number of rotatable bonds is 5. The summed E-state index contributed by atoms with van der Waals surface area (Å²) in [6.07, 6.45) is 1.44. The normalized spacial score (nSPS) is 13.3. The Hall–Kier alpha value is -1.64. The lowest BCUT2D eigenvalue weighted by Crippen LogP contribution is -2.27. The standard InChI is InChI=1S/C11H11NO5S2/c1-7(8-3-2-5-17-8)12-19(15,16)9-4-6-18-10(9)11(13)14/h2-7,12H,1H3,(H,13,14)/t7-/m1/s1. The molecule has 19 heavy (non-hydrogen) atoms. The zero-order valence-corrected chi connectivity index (χ0v) is 11.5. The first-order chi connectivity index (χ1) is 8.92. The van der Waals surface area contributed by atoms with Gasteiger partial charge in [0.15, 0.2) is 0 Å². The van der Waals surface area contributed by atoms with Crippen LogP contribution in [-0.4, -0.2) is 19.5 Å². The molecule has 0 saturated carbocycles. The van der Waals surface area contributed by atoms with Gasteiger partial charge in [-0.05, 0) is 30.5 Å². The van der Waals surface area contributed by atoms with Crippen LogP contribution in [-0.2, 0) is 10.0 Å². The Labute approximate surface area is 113 Å². The highest BCUT2D eigenvalue weighted by Gasteiger charge is 2.26. The van der Waals surface area contributed by atoms with Gasteiger partial charge in [-0.25, -0.2) is 17.9 Å². The van der Waals surface area contributed by atoms with Crippen LogP contribution < -0.4 is 4.72 Å². The highest BCUT2D eigenvalue weighted by molar-refractivity contribution is 7.89. The summed E-state index contributed by atoms with van der Waals surface area (Å²) in [6, 6.07) is 3.97. The van der Waals surface area contributed by atoms with Gasteiger partial charge < -0.3 is 9.52 Å². The first-order valence-electron chi connectivity index (χ1n) is 5.28. The van der Waals surface area contributed by atoms with E-state index in [2.05, 4.69) is 4.72 Å². The second-order valence-corrected chi connectivity index (χ2v) is 6.38. The van der Waals surface area contributed by atoms with Gasteiger partial charge in [0, 0.05) is 0 Å². The number of sulfonamides is 1. The Bertz CT molecular complexity index is 672. The lowest BCUT2D eigenvalue weighted by atomic mass is 10.3. The second-order valence-electron chi connectivity index (χ2n) is 3.78. The van der Waals surface area contributed by atoms with Crippen LogP contribution in [0.2, 0.25) is 0 Å². The molecular formula is C11H11NO5S2. The van der Waals surface area contributed by atoms with Gasteiger partial charge in [0.25, 0.3) is 0 Å². The molecule has 2 rings (SSSR count). The summed E-state index contributed by atoms with van der Waals surface area (Å²) in [5, 5.41) is 10.4. The van der Waals surface area contributed by atoms with Crippen LogP contribution in [0.15, 0.2) is 39.2 Å². The maximum Gasteiger partial charge on any atom is 0.347 e. The van der Waals surface area contributed by atoms with Crippen LogP contribution in [0.5, 0.6) is 0 Å². The van der Waals surface area contributed by atoms with Crippen LogP contribution >= 0.6 is 11.3 Å². The minimum absolute atomic E-state index is 0.209. The van der Waals surface area contributed by atoms with E-state index >= 15 is 0 Å². The minimum Gasteiger partial charge on any atom is -0.477 e. The molecule has 2 N–H and O–H groups in total. The van der Waals surface area contributed by atoms with Crippen LogP contribution in [0.25, 0.3) is 0 Å². The van der Waals surface area contributed by atoms with E-state index in [0.717, 1.165) is 11.3 Å². The quantitative estimate of drug-likeness (QED) is 0.881. The summed E-state index contributed by atoms with van der Waals surface area (Å²) in [4.78, 5) is 10.5. The molecule has 1 atom stereocenters. The van der Waals surface area contributed by atoms with E-state index in [4.69, 9.17) is 9.52 Å². The van der Waals surface area contributed by atoms with Crippen molar-refractivity contribution in [3.05, 3.63) is 40.5 Å². The van der Waals surface area contributed by atoms with Crippen molar-refractivity contribution in [2.45, 2.75) is 17.9 Å². The Balaban J connectivity index is 2.28. The smallest absolute Gasteiger partial charge is 0.347 e. The Kier molecular flexibility index (Phi) is 3.74. The number of thiophene rings is 1. The SMILES string of the molecule is C[C@@H](NS(=O)(=O)c1ccsc1C(=O)O)c1ccco1. The topological polar surface area (TPSA) is 96.6 Å². The average molecular weight is 301 g/mol. The third-order valence-corrected chi connectivity index (χ3v) is 5.03. The maximum atomic E-state index is 12.1.